The summed E-state index contributed by atoms with van der Waals surface area (Å²) >= 11 is 11.2. The molecule has 1 heterocycles. The van der Waals surface area contributed by atoms with E-state index in [1.807, 2.05) is 18.2 Å². The Morgan fingerprint density at radius 3 is 2.83 bits per heavy atom. The molecule has 0 aliphatic heterocycles. The van der Waals surface area contributed by atoms with Crippen LogP contribution >= 0.6 is 23.8 Å². The van der Waals surface area contributed by atoms with Gasteiger partial charge in [0.2, 0.25) is 0 Å². The van der Waals surface area contributed by atoms with Crippen LogP contribution in [0, 0.1) is 4.77 Å². The van der Waals surface area contributed by atoms with Crippen molar-refractivity contribution >= 4 is 23.8 Å². The van der Waals surface area contributed by atoms with E-state index in [1.54, 1.807) is 10.6 Å². The van der Waals surface area contributed by atoms with E-state index >= 15 is 0 Å². The molecule has 0 amide bonds. The predicted octanol–water partition coefficient (Wildman–Crippen LogP) is 1.61. The maximum absolute atomic E-state index is 9.50. The molecule has 96 valence electrons. The molecule has 2 rings (SSSR count). The molecule has 3 N–H and O–H groups in total. The highest BCUT2D eigenvalue weighted by Gasteiger charge is 2.14. The van der Waals surface area contributed by atoms with Crippen LogP contribution in [0.1, 0.15) is 0 Å². The molecule has 7 heteroatoms. The van der Waals surface area contributed by atoms with Crippen LogP contribution in [0.5, 0.6) is 0 Å². The summed E-state index contributed by atoms with van der Waals surface area (Å²) in [4.78, 5) is 0. The number of aromatic amines is 1. The molecule has 0 aliphatic carbocycles. The van der Waals surface area contributed by atoms with Crippen molar-refractivity contribution in [2.45, 2.75) is 12.6 Å². The van der Waals surface area contributed by atoms with Gasteiger partial charge in [-0.2, -0.15) is 5.10 Å². The first-order chi connectivity index (χ1) is 8.63. The van der Waals surface area contributed by atoms with Gasteiger partial charge in [0.05, 0.1) is 24.3 Å². The van der Waals surface area contributed by atoms with Crippen molar-refractivity contribution in [3.05, 3.63) is 34.1 Å². The summed E-state index contributed by atoms with van der Waals surface area (Å²) in [6.07, 6.45) is -0.893. The van der Waals surface area contributed by atoms with E-state index in [9.17, 15) is 5.11 Å². The lowest BCUT2D eigenvalue weighted by atomic mass is 10.2. The summed E-state index contributed by atoms with van der Waals surface area (Å²) in [7, 11) is 0. The Kier molecular flexibility index (Phi) is 4.13. The number of hydrogen-bond acceptors (Lipinski definition) is 4. The highest BCUT2D eigenvalue weighted by atomic mass is 35.5. The lowest BCUT2D eigenvalue weighted by Gasteiger charge is -2.11. The zero-order valence-electron chi connectivity index (χ0n) is 9.38. The van der Waals surface area contributed by atoms with Crippen molar-refractivity contribution in [2.75, 3.05) is 6.61 Å². The second kappa shape index (κ2) is 5.62. The number of hydrogen-bond donors (Lipinski definition) is 3. The van der Waals surface area contributed by atoms with Crippen LogP contribution in [0.25, 0.3) is 11.4 Å². The molecule has 1 unspecified atom stereocenters. The molecule has 0 aliphatic rings. The number of benzene rings is 1. The van der Waals surface area contributed by atoms with Crippen molar-refractivity contribution in [3.8, 4) is 11.4 Å². The molecule has 0 radical (unpaired) electrons. The van der Waals surface area contributed by atoms with Gasteiger partial charge in [0.15, 0.2) is 10.6 Å². The molecule has 1 atom stereocenters. The SMILES string of the molecule is OCC(O)Cn1c(-c2ccccc2Cl)n[nH]c1=S. The Hall–Kier alpha value is -1.21. The van der Waals surface area contributed by atoms with E-state index in [1.165, 1.54) is 0 Å². The topological polar surface area (TPSA) is 74.1 Å². The lowest BCUT2D eigenvalue weighted by molar-refractivity contribution is 0.0812. The van der Waals surface area contributed by atoms with E-state index in [0.29, 0.717) is 15.6 Å². The number of rotatable bonds is 4. The number of nitrogens with one attached hydrogen (secondary N) is 1. The van der Waals surface area contributed by atoms with Crippen LogP contribution in [-0.4, -0.2) is 37.7 Å². The van der Waals surface area contributed by atoms with Gasteiger partial charge in [-0.15, -0.1) is 0 Å². The van der Waals surface area contributed by atoms with Gasteiger partial charge in [-0.1, -0.05) is 23.7 Å². The largest absolute Gasteiger partial charge is 0.394 e. The van der Waals surface area contributed by atoms with E-state index < -0.39 is 6.10 Å². The summed E-state index contributed by atoms with van der Waals surface area (Å²) in [6.45, 7) is -0.179. The van der Waals surface area contributed by atoms with Crippen molar-refractivity contribution in [1.82, 2.24) is 14.8 Å². The van der Waals surface area contributed by atoms with Crippen molar-refractivity contribution in [1.29, 1.82) is 0 Å². The smallest absolute Gasteiger partial charge is 0.195 e. The van der Waals surface area contributed by atoms with E-state index in [0.717, 1.165) is 5.56 Å². The normalized spacial score (nSPS) is 12.6. The fourth-order valence-electron chi connectivity index (χ4n) is 1.60. The summed E-state index contributed by atoms with van der Waals surface area (Å²) in [6, 6.07) is 7.22. The zero-order chi connectivity index (χ0) is 13.1. The third-order valence-electron chi connectivity index (χ3n) is 2.48. The Labute approximate surface area is 114 Å². The van der Waals surface area contributed by atoms with Gasteiger partial charge in [-0.25, -0.2) is 0 Å². The highest BCUT2D eigenvalue weighted by Crippen LogP contribution is 2.26. The number of halogens is 1. The summed E-state index contributed by atoms with van der Waals surface area (Å²) < 4.78 is 1.98. The quantitative estimate of drug-likeness (QED) is 0.746. The van der Waals surface area contributed by atoms with Crippen LogP contribution in [0.4, 0.5) is 0 Å². The third-order valence-corrected chi connectivity index (χ3v) is 3.12. The first-order valence-corrected chi connectivity index (χ1v) is 6.11. The molecule has 0 saturated heterocycles. The third kappa shape index (κ3) is 2.62. The highest BCUT2D eigenvalue weighted by molar-refractivity contribution is 7.71. The molecular weight excluding hydrogens is 274 g/mol. The van der Waals surface area contributed by atoms with Gasteiger partial charge >= 0.3 is 0 Å². The molecular formula is C11H12ClN3O2S. The van der Waals surface area contributed by atoms with Crippen molar-refractivity contribution in [2.24, 2.45) is 0 Å². The van der Waals surface area contributed by atoms with E-state index in [-0.39, 0.29) is 13.2 Å². The number of aliphatic hydroxyl groups excluding tert-OH is 2. The van der Waals surface area contributed by atoms with E-state index in [4.69, 9.17) is 28.9 Å². The van der Waals surface area contributed by atoms with Gasteiger partial charge in [-0.05, 0) is 24.4 Å². The lowest BCUT2D eigenvalue weighted by Crippen LogP contribution is -2.20. The maximum Gasteiger partial charge on any atom is 0.195 e. The van der Waals surface area contributed by atoms with Crippen LogP contribution in [0.2, 0.25) is 5.02 Å². The van der Waals surface area contributed by atoms with Crippen molar-refractivity contribution in [3.63, 3.8) is 0 Å². The number of aliphatic hydroxyl groups is 2. The average molecular weight is 286 g/mol. The van der Waals surface area contributed by atoms with Crippen LogP contribution in [0.15, 0.2) is 24.3 Å². The second-order valence-corrected chi connectivity index (χ2v) is 4.57. The van der Waals surface area contributed by atoms with Crippen molar-refractivity contribution < 1.29 is 10.2 Å². The van der Waals surface area contributed by atoms with Crippen LogP contribution in [-0.2, 0) is 6.54 Å². The minimum absolute atomic E-state index is 0.159. The first-order valence-electron chi connectivity index (χ1n) is 5.32. The average Bonchev–Trinajstić information content (AvgIpc) is 2.72. The van der Waals surface area contributed by atoms with Gasteiger partial charge in [-0.3, -0.25) is 9.67 Å². The van der Waals surface area contributed by atoms with E-state index in [2.05, 4.69) is 10.2 Å². The summed E-state index contributed by atoms with van der Waals surface area (Å²) in [5.41, 5.74) is 0.719. The van der Waals surface area contributed by atoms with Gasteiger partial charge in [0.1, 0.15) is 0 Å². The summed E-state index contributed by atoms with van der Waals surface area (Å²) in [5.74, 6) is 0.540. The molecule has 1 aromatic carbocycles. The van der Waals surface area contributed by atoms with Crippen LogP contribution in [0.3, 0.4) is 0 Å². The molecule has 0 fully saturated rings. The molecule has 0 bridgehead atoms. The minimum Gasteiger partial charge on any atom is -0.394 e. The standard InChI is InChI=1S/C11H12ClN3O2S/c12-9-4-2-1-3-8(9)10-13-14-11(18)15(10)5-7(17)6-16/h1-4,7,16-17H,5-6H2,(H,14,18). The fraction of sp³-hybridized carbons (Fsp3) is 0.273. The number of nitrogens with zero attached hydrogens (tertiary/aromatic N) is 2. The van der Waals surface area contributed by atoms with Crippen LogP contribution < -0.4 is 0 Å². The Balaban J connectivity index is 2.47. The molecule has 0 saturated carbocycles. The Bertz CT molecular complexity index is 596. The minimum atomic E-state index is -0.893. The zero-order valence-corrected chi connectivity index (χ0v) is 10.9. The summed E-state index contributed by atoms with van der Waals surface area (Å²) in [5, 5.41) is 25.7. The molecule has 2 aromatic rings. The molecule has 0 spiro atoms. The molecule has 5 nitrogen and oxygen atoms in total. The Morgan fingerprint density at radius 2 is 2.17 bits per heavy atom. The number of aromatic nitrogens is 3. The Morgan fingerprint density at radius 1 is 1.44 bits per heavy atom. The predicted molar refractivity (Wildman–Crippen MR) is 71.0 cm³/mol. The van der Waals surface area contributed by atoms with Gasteiger partial charge < -0.3 is 10.2 Å². The maximum atomic E-state index is 9.50. The van der Waals surface area contributed by atoms with Gasteiger partial charge in [0, 0.05) is 5.56 Å². The second-order valence-electron chi connectivity index (χ2n) is 3.78. The monoisotopic (exact) mass is 285 g/mol. The number of H-pyrrole nitrogens is 1. The molecule has 1 aromatic heterocycles. The molecule has 18 heavy (non-hydrogen) atoms. The van der Waals surface area contributed by atoms with Gasteiger partial charge in [0.25, 0.3) is 0 Å². The first kappa shape index (κ1) is 13.2. The fourth-order valence-corrected chi connectivity index (χ4v) is 2.03.